The van der Waals surface area contributed by atoms with Crippen molar-refractivity contribution in [3.63, 3.8) is 0 Å². The van der Waals surface area contributed by atoms with Crippen LogP contribution in [-0.2, 0) is 0 Å². The van der Waals surface area contributed by atoms with E-state index in [4.69, 9.17) is 11.6 Å². The quantitative estimate of drug-likeness (QED) is 0.378. The monoisotopic (exact) mass is 247 g/mol. The van der Waals surface area contributed by atoms with Crippen molar-refractivity contribution in [2.45, 2.75) is 71.8 Å². The third kappa shape index (κ3) is 7.51. The number of nitrogens with zero attached hydrogens (tertiary/aromatic N) is 1. The minimum atomic E-state index is 0.741. The number of rotatable bonds is 11. The van der Waals surface area contributed by atoms with Crippen molar-refractivity contribution in [2.75, 3.05) is 19.0 Å². The van der Waals surface area contributed by atoms with E-state index in [1.54, 1.807) is 0 Å². The molecule has 2 heteroatoms. The molecule has 0 fully saturated rings. The van der Waals surface area contributed by atoms with Gasteiger partial charge in [0.1, 0.15) is 0 Å². The molecule has 0 aromatic rings. The summed E-state index contributed by atoms with van der Waals surface area (Å²) >= 11 is 5.88. The molecule has 0 aromatic carbocycles. The zero-order chi connectivity index (χ0) is 12.2. The summed E-state index contributed by atoms with van der Waals surface area (Å²) in [5.74, 6) is 0.769. The lowest BCUT2D eigenvalue weighted by molar-refractivity contribution is 0.192. The first-order valence-electron chi connectivity index (χ1n) is 7.10. The van der Waals surface area contributed by atoms with Crippen LogP contribution in [0.15, 0.2) is 0 Å². The average molecular weight is 248 g/mol. The number of alkyl halides is 1. The van der Waals surface area contributed by atoms with Crippen LogP contribution in [0.4, 0.5) is 0 Å². The van der Waals surface area contributed by atoms with Crippen LogP contribution in [0.2, 0.25) is 0 Å². The van der Waals surface area contributed by atoms with Gasteiger partial charge < -0.3 is 0 Å². The van der Waals surface area contributed by atoms with Crippen LogP contribution in [0.5, 0.6) is 0 Å². The summed E-state index contributed by atoms with van der Waals surface area (Å²) in [4.78, 5) is 2.58. The Kier molecular flexibility index (Phi) is 11.9. The van der Waals surface area contributed by atoms with Crippen molar-refractivity contribution in [3.05, 3.63) is 0 Å². The number of unbranched alkanes of at least 4 members (excludes halogenated alkanes) is 4. The molecule has 0 N–H and O–H groups in total. The van der Waals surface area contributed by atoms with Crippen molar-refractivity contribution in [1.82, 2.24) is 4.90 Å². The molecule has 0 spiro atoms. The van der Waals surface area contributed by atoms with Crippen LogP contribution in [-0.4, -0.2) is 29.9 Å². The molecule has 0 aliphatic rings. The zero-order valence-electron chi connectivity index (χ0n) is 11.5. The molecule has 0 heterocycles. The molecule has 0 aliphatic heterocycles. The largest absolute Gasteiger partial charge is 0.299 e. The molecule has 0 amide bonds. The van der Waals surface area contributed by atoms with E-state index in [9.17, 15) is 0 Å². The van der Waals surface area contributed by atoms with Gasteiger partial charge in [0.15, 0.2) is 0 Å². The molecule has 0 atom stereocenters. The molecule has 0 bridgehead atoms. The predicted molar refractivity (Wildman–Crippen MR) is 75.4 cm³/mol. The maximum absolute atomic E-state index is 5.88. The molecule has 16 heavy (non-hydrogen) atoms. The fourth-order valence-corrected chi connectivity index (χ4v) is 2.53. The molecular weight excluding hydrogens is 218 g/mol. The lowest BCUT2D eigenvalue weighted by Crippen LogP contribution is -2.36. The minimum absolute atomic E-state index is 0.741. The van der Waals surface area contributed by atoms with E-state index in [-0.39, 0.29) is 0 Å². The summed E-state index contributed by atoms with van der Waals surface area (Å²) in [6.07, 6.45) is 9.34. The van der Waals surface area contributed by atoms with Crippen LogP contribution >= 0.6 is 11.6 Å². The smallest absolute Gasteiger partial charge is 0.0351 e. The summed E-state index contributed by atoms with van der Waals surface area (Å²) < 4.78 is 0. The maximum Gasteiger partial charge on any atom is 0.0351 e. The maximum atomic E-state index is 5.88. The normalized spacial score (nSPS) is 11.6. The summed E-state index contributed by atoms with van der Waals surface area (Å²) in [6, 6.07) is 0.741. The highest BCUT2D eigenvalue weighted by Crippen LogP contribution is 2.11. The van der Waals surface area contributed by atoms with Crippen LogP contribution < -0.4 is 0 Å². The van der Waals surface area contributed by atoms with Gasteiger partial charge in [-0.25, -0.2) is 0 Å². The number of hydrogen-bond donors (Lipinski definition) is 0. The van der Waals surface area contributed by atoms with Gasteiger partial charge in [0.05, 0.1) is 0 Å². The Morgan fingerprint density at radius 2 is 1.50 bits per heavy atom. The van der Waals surface area contributed by atoms with Gasteiger partial charge in [-0.2, -0.15) is 0 Å². The predicted octanol–water partition coefficient (Wildman–Crippen LogP) is 4.69. The van der Waals surface area contributed by atoms with Gasteiger partial charge in [0, 0.05) is 18.5 Å². The van der Waals surface area contributed by atoms with Gasteiger partial charge in [0.2, 0.25) is 0 Å². The Labute approximate surface area is 108 Å². The molecule has 0 saturated carbocycles. The fourth-order valence-electron chi connectivity index (χ4n) is 2.31. The molecule has 0 aliphatic carbocycles. The second-order valence-corrected chi connectivity index (χ2v) is 4.99. The van der Waals surface area contributed by atoms with Crippen molar-refractivity contribution in [1.29, 1.82) is 0 Å². The summed E-state index contributed by atoms with van der Waals surface area (Å²) in [5.41, 5.74) is 0. The lowest BCUT2D eigenvalue weighted by atomic mass is 10.1. The molecule has 1 nitrogen and oxygen atoms in total. The highest BCUT2D eigenvalue weighted by molar-refractivity contribution is 6.18. The van der Waals surface area contributed by atoms with Crippen LogP contribution in [0, 0.1) is 0 Å². The van der Waals surface area contributed by atoms with Gasteiger partial charge >= 0.3 is 0 Å². The summed E-state index contributed by atoms with van der Waals surface area (Å²) in [5, 5.41) is 0. The van der Waals surface area contributed by atoms with Gasteiger partial charge in [-0.1, -0.05) is 46.5 Å². The third-order valence-corrected chi connectivity index (χ3v) is 3.55. The van der Waals surface area contributed by atoms with E-state index < -0.39 is 0 Å². The van der Waals surface area contributed by atoms with Crippen LogP contribution in [0.1, 0.15) is 65.7 Å². The van der Waals surface area contributed by atoms with E-state index >= 15 is 0 Å². The second-order valence-electron chi connectivity index (χ2n) is 4.61. The molecule has 0 rings (SSSR count). The van der Waals surface area contributed by atoms with E-state index in [0.29, 0.717) is 0 Å². The first-order chi connectivity index (χ1) is 7.79. The molecular formula is C14H30ClN. The SMILES string of the molecule is CCCCCCCN(CCCl)C(CC)CC. The average Bonchev–Trinajstić information content (AvgIpc) is 2.30. The van der Waals surface area contributed by atoms with Gasteiger partial charge in [-0.15, -0.1) is 11.6 Å². The first kappa shape index (κ1) is 16.2. The third-order valence-electron chi connectivity index (χ3n) is 3.38. The zero-order valence-corrected chi connectivity index (χ0v) is 12.2. The molecule has 98 valence electrons. The van der Waals surface area contributed by atoms with E-state index in [1.807, 2.05) is 0 Å². The van der Waals surface area contributed by atoms with Crippen molar-refractivity contribution in [3.8, 4) is 0 Å². The van der Waals surface area contributed by atoms with Crippen molar-refractivity contribution < 1.29 is 0 Å². The number of halogens is 1. The molecule has 0 saturated heterocycles. The highest BCUT2D eigenvalue weighted by Gasteiger charge is 2.13. The Morgan fingerprint density at radius 3 is 2.00 bits per heavy atom. The Balaban J connectivity index is 3.74. The topological polar surface area (TPSA) is 3.24 Å². The first-order valence-corrected chi connectivity index (χ1v) is 7.63. The van der Waals surface area contributed by atoms with Gasteiger partial charge in [-0.05, 0) is 25.8 Å². The van der Waals surface area contributed by atoms with Crippen molar-refractivity contribution >= 4 is 11.6 Å². The van der Waals surface area contributed by atoms with Gasteiger partial charge in [0.25, 0.3) is 0 Å². The molecule has 0 aromatic heterocycles. The van der Waals surface area contributed by atoms with E-state index in [0.717, 1.165) is 18.5 Å². The second kappa shape index (κ2) is 11.7. The summed E-state index contributed by atoms with van der Waals surface area (Å²) in [6.45, 7) is 9.13. The minimum Gasteiger partial charge on any atom is -0.299 e. The van der Waals surface area contributed by atoms with E-state index in [1.165, 1.54) is 51.5 Å². The Bertz CT molecular complexity index is 135. The lowest BCUT2D eigenvalue weighted by Gasteiger charge is -2.29. The van der Waals surface area contributed by atoms with Crippen LogP contribution in [0.25, 0.3) is 0 Å². The Hall–Kier alpha value is 0.250. The fraction of sp³-hybridized carbons (Fsp3) is 1.00. The molecule has 0 unspecified atom stereocenters. The Morgan fingerprint density at radius 1 is 0.875 bits per heavy atom. The molecule has 0 radical (unpaired) electrons. The van der Waals surface area contributed by atoms with E-state index in [2.05, 4.69) is 25.7 Å². The number of hydrogen-bond acceptors (Lipinski definition) is 1. The van der Waals surface area contributed by atoms with Crippen LogP contribution in [0.3, 0.4) is 0 Å². The highest BCUT2D eigenvalue weighted by atomic mass is 35.5. The standard InChI is InChI=1S/C14H30ClN/c1-4-7-8-9-10-12-16(13-11-15)14(5-2)6-3/h14H,4-13H2,1-3H3. The van der Waals surface area contributed by atoms with Crippen molar-refractivity contribution in [2.24, 2.45) is 0 Å². The summed E-state index contributed by atoms with van der Waals surface area (Å²) in [7, 11) is 0. The van der Waals surface area contributed by atoms with Gasteiger partial charge in [-0.3, -0.25) is 4.90 Å².